The fraction of sp³-hybridized carbons (Fsp3) is 0.125. The summed E-state index contributed by atoms with van der Waals surface area (Å²) in [5.74, 6) is 0.609. The SMILES string of the molecule is O=S(=O)(c1ccccc1Br)N(Cc1ccco1)Cc1cccs1. The van der Waals surface area contributed by atoms with Crippen molar-refractivity contribution in [1.82, 2.24) is 4.31 Å². The zero-order valence-electron chi connectivity index (χ0n) is 12.1. The molecule has 0 radical (unpaired) electrons. The van der Waals surface area contributed by atoms with Crippen molar-refractivity contribution < 1.29 is 12.8 Å². The van der Waals surface area contributed by atoms with E-state index in [1.165, 1.54) is 15.6 Å². The summed E-state index contributed by atoms with van der Waals surface area (Å²) >= 11 is 4.86. The Morgan fingerprint density at radius 3 is 2.52 bits per heavy atom. The molecule has 4 nitrogen and oxygen atoms in total. The number of benzene rings is 1. The van der Waals surface area contributed by atoms with Crippen LogP contribution in [0.2, 0.25) is 0 Å². The van der Waals surface area contributed by atoms with Crippen molar-refractivity contribution >= 4 is 37.3 Å². The van der Waals surface area contributed by atoms with Crippen LogP contribution in [0.25, 0.3) is 0 Å². The minimum absolute atomic E-state index is 0.189. The van der Waals surface area contributed by atoms with E-state index >= 15 is 0 Å². The van der Waals surface area contributed by atoms with Gasteiger partial charge >= 0.3 is 0 Å². The van der Waals surface area contributed by atoms with Crippen LogP contribution in [0.3, 0.4) is 0 Å². The lowest BCUT2D eigenvalue weighted by atomic mass is 10.4. The van der Waals surface area contributed by atoms with E-state index in [1.54, 1.807) is 42.7 Å². The van der Waals surface area contributed by atoms with Crippen LogP contribution in [-0.4, -0.2) is 12.7 Å². The molecule has 0 aliphatic heterocycles. The second-order valence-electron chi connectivity index (χ2n) is 4.86. The van der Waals surface area contributed by atoms with Gasteiger partial charge < -0.3 is 4.42 Å². The summed E-state index contributed by atoms with van der Waals surface area (Å²) in [7, 11) is -3.65. The van der Waals surface area contributed by atoms with Crippen LogP contribution < -0.4 is 0 Å². The Morgan fingerprint density at radius 2 is 1.87 bits per heavy atom. The van der Waals surface area contributed by atoms with Crippen molar-refractivity contribution in [2.24, 2.45) is 0 Å². The second kappa shape index (κ2) is 7.00. The van der Waals surface area contributed by atoms with Crippen molar-refractivity contribution in [3.05, 3.63) is 75.3 Å². The first-order valence-corrected chi connectivity index (χ1v) is 9.98. The molecule has 2 aromatic heterocycles. The van der Waals surface area contributed by atoms with E-state index in [0.29, 0.717) is 16.8 Å². The molecule has 0 atom stereocenters. The van der Waals surface area contributed by atoms with Crippen molar-refractivity contribution in [2.75, 3.05) is 0 Å². The van der Waals surface area contributed by atoms with Crippen LogP contribution in [0, 0.1) is 0 Å². The molecule has 0 saturated heterocycles. The van der Waals surface area contributed by atoms with Gasteiger partial charge in [-0.2, -0.15) is 4.31 Å². The number of hydrogen-bond acceptors (Lipinski definition) is 4. The highest BCUT2D eigenvalue weighted by molar-refractivity contribution is 9.10. The summed E-state index contributed by atoms with van der Waals surface area (Å²) in [6, 6.07) is 14.2. The zero-order valence-corrected chi connectivity index (χ0v) is 15.3. The van der Waals surface area contributed by atoms with E-state index in [9.17, 15) is 8.42 Å². The predicted molar refractivity (Wildman–Crippen MR) is 93.6 cm³/mol. The first kappa shape index (κ1) is 16.4. The van der Waals surface area contributed by atoms with Gasteiger partial charge in [0.25, 0.3) is 0 Å². The summed E-state index contributed by atoms with van der Waals surface area (Å²) in [6.07, 6.45) is 1.55. The zero-order chi connectivity index (χ0) is 16.3. The van der Waals surface area contributed by atoms with Gasteiger partial charge in [0.2, 0.25) is 10.0 Å². The van der Waals surface area contributed by atoms with Gasteiger partial charge in [-0.15, -0.1) is 11.3 Å². The Kier molecular flexibility index (Phi) is 5.01. The maximum Gasteiger partial charge on any atom is 0.244 e. The van der Waals surface area contributed by atoms with Crippen molar-refractivity contribution in [1.29, 1.82) is 0 Å². The van der Waals surface area contributed by atoms with Crippen LogP contribution in [0.15, 0.2) is 74.0 Å². The van der Waals surface area contributed by atoms with E-state index in [2.05, 4.69) is 15.9 Å². The molecule has 23 heavy (non-hydrogen) atoms. The van der Waals surface area contributed by atoms with E-state index in [-0.39, 0.29) is 11.4 Å². The summed E-state index contributed by atoms with van der Waals surface area (Å²) < 4.78 is 33.4. The number of nitrogens with zero attached hydrogens (tertiary/aromatic N) is 1. The maximum absolute atomic E-state index is 13.1. The molecular formula is C16H14BrNO3S2. The van der Waals surface area contributed by atoms with Gasteiger partial charge in [-0.3, -0.25) is 0 Å². The summed E-state index contributed by atoms with van der Waals surface area (Å²) in [5, 5.41) is 1.94. The van der Waals surface area contributed by atoms with Crippen LogP contribution in [0.4, 0.5) is 0 Å². The Labute approximate surface area is 147 Å². The van der Waals surface area contributed by atoms with Gasteiger partial charge in [-0.25, -0.2) is 8.42 Å². The van der Waals surface area contributed by atoms with Gasteiger partial charge in [0.1, 0.15) is 5.76 Å². The Morgan fingerprint density at radius 1 is 1.04 bits per heavy atom. The van der Waals surface area contributed by atoms with Gasteiger partial charge in [-0.05, 0) is 51.6 Å². The van der Waals surface area contributed by atoms with E-state index in [1.807, 2.05) is 17.5 Å². The molecule has 0 bridgehead atoms. The topological polar surface area (TPSA) is 50.5 Å². The summed E-state index contributed by atoms with van der Waals surface area (Å²) in [6.45, 7) is 0.497. The fourth-order valence-electron chi connectivity index (χ4n) is 2.17. The largest absolute Gasteiger partial charge is 0.468 e. The van der Waals surface area contributed by atoms with Crippen molar-refractivity contribution in [3.8, 4) is 0 Å². The van der Waals surface area contributed by atoms with Crippen molar-refractivity contribution in [3.63, 3.8) is 0 Å². The lowest BCUT2D eigenvalue weighted by Crippen LogP contribution is -2.30. The van der Waals surface area contributed by atoms with Crippen LogP contribution in [0.5, 0.6) is 0 Å². The second-order valence-corrected chi connectivity index (χ2v) is 8.66. The van der Waals surface area contributed by atoms with Gasteiger partial charge in [0.15, 0.2) is 0 Å². The molecule has 0 saturated carbocycles. The average Bonchev–Trinajstić information content (AvgIpc) is 3.20. The third-order valence-electron chi connectivity index (χ3n) is 3.28. The number of thiophene rings is 1. The molecule has 0 aliphatic rings. The minimum atomic E-state index is -3.65. The molecular weight excluding hydrogens is 398 g/mol. The van der Waals surface area contributed by atoms with Crippen LogP contribution in [0.1, 0.15) is 10.6 Å². The van der Waals surface area contributed by atoms with Crippen molar-refractivity contribution in [2.45, 2.75) is 18.0 Å². The first-order valence-electron chi connectivity index (χ1n) is 6.87. The Bertz CT molecular complexity index is 822. The van der Waals surface area contributed by atoms with Gasteiger partial charge in [0, 0.05) is 15.9 Å². The van der Waals surface area contributed by atoms with Gasteiger partial charge in [0.05, 0.1) is 17.7 Å². The molecule has 0 fully saturated rings. The molecule has 2 heterocycles. The molecule has 1 aromatic carbocycles. The summed E-state index contributed by atoms with van der Waals surface area (Å²) in [4.78, 5) is 1.23. The molecule has 3 aromatic rings. The minimum Gasteiger partial charge on any atom is -0.468 e. The first-order chi connectivity index (χ1) is 11.1. The number of hydrogen-bond donors (Lipinski definition) is 0. The Balaban J connectivity index is 1.98. The highest BCUT2D eigenvalue weighted by Gasteiger charge is 2.27. The van der Waals surface area contributed by atoms with E-state index < -0.39 is 10.0 Å². The monoisotopic (exact) mass is 411 g/mol. The third-order valence-corrected chi connectivity index (χ3v) is 6.94. The molecule has 7 heteroatoms. The summed E-state index contributed by atoms with van der Waals surface area (Å²) in [5.41, 5.74) is 0. The fourth-order valence-corrected chi connectivity index (χ4v) is 5.32. The van der Waals surface area contributed by atoms with Gasteiger partial charge in [-0.1, -0.05) is 18.2 Å². The molecule has 0 spiro atoms. The van der Waals surface area contributed by atoms with E-state index in [4.69, 9.17) is 4.42 Å². The lowest BCUT2D eigenvalue weighted by Gasteiger charge is -2.21. The number of furan rings is 1. The smallest absolute Gasteiger partial charge is 0.244 e. The molecule has 0 unspecified atom stereocenters. The number of sulfonamides is 1. The molecule has 0 amide bonds. The highest BCUT2D eigenvalue weighted by atomic mass is 79.9. The molecule has 0 aliphatic carbocycles. The quantitative estimate of drug-likeness (QED) is 0.599. The maximum atomic E-state index is 13.1. The molecule has 3 rings (SSSR count). The predicted octanol–water partition coefficient (Wildman–Crippen LogP) is 4.49. The highest BCUT2D eigenvalue weighted by Crippen LogP contribution is 2.28. The molecule has 0 N–H and O–H groups in total. The third kappa shape index (κ3) is 3.74. The Hall–Kier alpha value is -1.41. The van der Waals surface area contributed by atoms with Crippen LogP contribution in [-0.2, 0) is 23.1 Å². The lowest BCUT2D eigenvalue weighted by molar-refractivity contribution is 0.360. The molecule has 120 valence electrons. The number of rotatable bonds is 6. The normalized spacial score (nSPS) is 11.9. The standard InChI is InChI=1S/C16H14BrNO3S2/c17-15-7-1-2-8-16(15)23(19,20)18(11-13-5-3-9-21-13)12-14-6-4-10-22-14/h1-10H,11-12H2. The van der Waals surface area contributed by atoms with Crippen LogP contribution >= 0.6 is 27.3 Å². The average molecular weight is 412 g/mol. The van der Waals surface area contributed by atoms with E-state index in [0.717, 1.165) is 4.88 Å². The number of halogens is 1.